The highest BCUT2D eigenvalue weighted by Crippen LogP contribution is 2.15. The van der Waals surface area contributed by atoms with Gasteiger partial charge in [0.15, 0.2) is 0 Å². The van der Waals surface area contributed by atoms with Gasteiger partial charge in [0.1, 0.15) is 0 Å². The van der Waals surface area contributed by atoms with E-state index < -0.39 is 8.32 Å². The van der Waals surface area contributed by atoms with Crippen LogP contribution in [-0.4, -0.2) is 51.3 Å². The zero-order valence-corrected chi connectivity index (χ0v) is 11.3. The van der Waals surface area contributed by atoms with Crippen molar-refractivity contribution < 1.29 is 4.43 Å². The minimum Gasteiger partial charge on any atom is -0.419 e. The average Bonchev–Trinajstić information content (AvgIpc) is 2.05. The molecule has 0 N–H and O–H groups in total. The Morgan fingerprint density at radius 1 is 1.38 bits per heavy atom. The lowest BCUT2D eigenvalue weighted by Gasteiger charge is -2.35. The molecule has 0 radical (unpaired) electrons. The van der Waals surface area contributed by atoms with Crippen LogP contribution in [0.1, 0.15) is 0 Å². The highest BCUT2D eigenvalue weighted by Gasteiger charge is 2.34. The van der Waals surface area contributed by atoms with E-state index in [0.717, 1.165) is 6.54 Å². The Morgan fingerprint density at radius 3 is 2.23 bits per heavy atom. The first kappa shape index (κ1) is 13.7. The molecule has 1 unspecified atom stereocenters. The Bertz CT molecular complexity index is 146. The quantitative estimate of drug-likeness (QED) is 0.524. The van der Waals surface area contributed by atoms with Crippen LogP contribution >= 0.6 is 23.2 Å². The molecule has 2 nitrogen and oxygen atoms in total. The van der Waals surface area contributed by atoms with Gasteiger partial charge in [-0.15, -0.1) is 23.2 Å². The smallest absolute Gasteiger partial charge is 0.204 e. The van der Waals surface area contributed by atoms with Gasteiger partial charge in [-0.25, -0.2) is 0 Å². The predicted molar refractivity (Wildman–Crippen MR) is 62.3 cm³/mol. The van der Waals surface area contributed by atoms with Gasteiger partial charge < -0.3 is 9.33 Å². The van der Waals surface area contributed by atoms with Crippen molar-refractivity contribution in [2.75, 3.05) is 32.5 Å². The second-order valence-corrected chi connectivity index (χ2v) is 8.62. The highest BCUT2D eigenvalue weighted by molar-refractivity contribution is 6.73. The summed E-state index contributed by atoms with van der Waals surface area (Å²) in [5.74, 6) is 1.25. The molecule has 0 amide bonds. The highest BCUT2D eigenvalue weighted by atomic mass is 35.5. The molecule has 0 aromatic rings. The van der Waals surface area contributed by atoms with Gasteiger partial charge in [-0.2, -0.15) is 0 Å². The topological polar surface area (TPSA) is 12.5 Å². The SMILES string of the molecule is CO[Si](C)(C)C(CCl)N(C)CCCl. The molecule has 0 saturated heterocycles. The lowest BCUT2D eigenvalue weighted by molar-refractivity contribution is 0.288. The average molecular weight is 244 g/mol. The Balaban J connectivity index is 4.31. The normalized spacial score (nSPS) is 15.0. The van der Waals surface area contributed by atoms with E-state index in [4.69, 9.17) is 27.6 Å². The van der Waals surface area contributed by atoms with E-state index in [0.29, 0.717) is 17.4 Å². The van der Waals surface area contributed by atoms with Crippen molar-refractivity contribution >= 4 is 31.5 Å². The molecular formula is C8H19Cl2NOSi. The van der Waals surface area contributed by atoms with Gasteiger partial charge >= 0.3 is 0 Å². The fourth-order valence-electron chi connectivity index (χ4n) is 1.26. The molecule has 0 aromatic carbocycles. The number of hydrogen-bond acceptors (Lipinski definition) is 2. The van der Waals surface area contributed by atoms with Gasteiger partial charge in [-0.3, -0.25) is 0 Å². The van der Waals surface area contributed by atoms with Crippen molar-refractivity contribution in [3.05, 3.63) is 0 Å². The van der Waals surface area contributed by atoms with E-state index in [1.54, 1.807) is 7.11 Å². The van der Waals surface area contributed by atoms with Gasteiger partial charge in [0.05, 0.1) is 0 Å². The van der Waals surface area contributed by atoms with E-state index in [1.807, 2.05) is 7.05 Å². The van der Waals surface area contributed by atoms with Crippen molar-refractivity contribution in [3.63, 3.8) is 0 Å². The molecule has 0 aliphatic rings. The van der Waals surface area contributed by atoms with Crippen molar-refractivity contribution in [1.82, 2.24) is 4.90 Å². The third-order valence-corrected chi connectivity index (χ3v) is 6.47. The van der Waals surface area contributed by atoms with Gasteiger partial charge in [-0.05, 0) is 20.1 Å². The lowest BCUT2D eigenvalue weighted by Crippen LogP contribution is -2.54. The van der Waals surface area contributed by atoms with E-state index in [1.165, 1.54) is 0 Å². The van der Waals surface area contributed by atoms with Crippen molar-refractivity contribution in [2.24, 2.45) is 0 Å². The van der Waals surface area contributed by atoms with E-state index in [2.05, 4.69) is 18.0 Å². The summed E-state index contributed by atoms with van der Waals surface area (Å²) < 4.78 is 5.53. The molecule has 0 heterocycles. The van der Waals surface area contributed by atoms with E-state index in [9.17, 15) is 0 Å². The molecule has 0 aliphatic carbocycles. The monoisotopic (exact) mass is 243 g/mol. The summed E-state index contributed by atoms with van der Waals surface area (Å²) in [5.41, 5.74) is 0.331. The maximum absolute atomic E-state index is 5.93. The van der Waals surface area contributed by atoms with Gasteiger partial charge in [-0.1, -0.05) is 0 Å². The van der Waals surface area contributed by atoms with Crippen LogP contribution in [0.4, 0.5) is 0 Å². The standard InChI is InChI=1S/C8H19Cl2NOSi/c1-11(6-5-9)8(7-10)13(3,4)12-2/h8H,5-7H2,1-4H3. The van der Waals surface area contributed by atoms with Crippen LogP contribution in [0.25, 0.3) is 0 Å². The summed E-state index contributed by atoms with van der Waals surface area (Å²) in [4.78, 5) is 2.19. The van der Waals surface area contributed by atoms with Crippen molar-refractivity contribution in [1.29, 1.82) is 0 Å². The molecule has 80 valence electrons. The summed E-state index contributed by atoms with van der Waals surface area (Å²) >= 11 is 11.6. The number of rotatable bonds is 6. The van der Waals surface area contributed by atoms with Gasteiger partial charge in [0.2, 0.25) is 8.32 Å². The Hall–Kier alpha value is 0.717. The molecule has 0 aliphatic heterocycles. The molecular weight excluding hydrogens is 225 g/mol. The Kier molecular flexibility index (Phi) is 6.59. The molecule has 13 heavy (non-hydrogen) atoms. The van der Waals surface area contributed by atoms with E-state index in [-0.39, 0.29) is 0 Å². The molecule has 0 bridgehead atoms. The van der Waals surface area contributed by atoms with Crippen LogP contribution in [0, 0.1) is 0 Å². The van der Waals surface area contributed by atoms with Crippen LogP contribution < -0.4 is 0 Å². The number of hydrogen-bond donors (Lipinski definition) is 0. The molecule has 0 aromatic heterocycles. The Morgan fingerprint density at radius 2 is 1.92 bits per heavy atom. The van der Waals surface area contributed by atoms with Crippen LogP contribution in [0.5, 0.6) is 0 Å². The fourth-order valence-corrected chi connectivity index (χ4v) is 4.71. The maximum atomic E-state index is 5.93. The molecule has 0 spiro atoms. The first-order valence-electron chi connectivity index (χ1n) is 4.37. The van der Waals surface area contributed by atoms with E-state index >= 15 is 0 Å². The fraction of sp³-hybridized carbons (Fsp3) is 1.00. The second-order valence-electron chi connectivity index (χ2n) is 3.65. The molecule has 5 heteroatoms. The number of halogens is 2. The number of alkyl halides is 2. The van der Waals surface area contributed by atoms with Crippen molar-refractivity contribution in [3.8, 4) is 0 Å². The first-order chi connectivity index (χ1) is 5.99. The van der Waals surface area contributed by atoms with Gasteiger partial charge in [0.25, 0.3) is 0 Å². The number of nitrogens with zero attached hydrogens (tertiary/aromatic N) is 1. The largest absolute Gasteiger partial charge is 0.419 e. The van der Waals surface area contributed by atoms with Crippen LogP contribution in [0.2, 0.25) is 13.1 Å². The van der Waals surface area contributed by atoms with Crippen molar-refractivity contribution in [2.45, 2.75) is 18.8 Å². The van der Waals surface area contributed by atoms with Crippen LogP contribution in [-0.2, 0) is 4.43 Å². The first-order valence-corrected chi connectivity index (χ1v) is 8.42. The second kappa shape index (κ2) is 6.25. The third-order valence-electron chi connectivity index (χ3n) is 2.44. The van der Waals surface area contributed by atoms with Gasteiger partial charge in [0, 0.05) is 31.1 Å². The lowest BCUT2D eigenvalue weighted by atomic mass is 10.6. The summed E-state index contributed by atoms with van der Waals surface area (Å²) in [6.45, 7) is 5.20. The zero-order chi connectivity index (χ0) is 10.5. The third kappa shape index (κ3) is 4.17. The maximum Gasteiger partial charge on any atom is 0.204 e. The Labute approximate surface area is 92.3 Å². The summed E-state index contributed by atoms with van der Waals surface area (Å²) in [7, 11) is 2.14. The molecule has 0 rings (SSSR count). The summed E-state index contributed by atoms with van der Waals surface area (Å²) in [6.07, 6.45) is 0. The summed E-state index contributed by atoms with van der Waals surface area (Å²) in [5, 5.41) is 0. The minimum absolute atomic E-state index is 0.331. The molecule has 0 saturated carbocycles. The predicted octanol–water partition coefficient (Wildman–Crippen LogP) is 2.16. The molecule has 0 fully saturated rings. The van der Waals surface area contributed by atoms with Crippen LogP contribution in [0.3, 0.4) is 0 Å². The van der Waals surface area contributed by atoms with Crippen LogP contribution in [0.15, 0.2) is 0 Å². The summed E-state index contributed by atoms with van der Waals surface area (Å²) in [6, 6.07) is 0. The molecule has 1 atom stereocenters. The minimum atomic E-state index is -1.67. The zero-order valence-electron chi connectivity index (χ0n) is 8.81.